The average molecular weight is 367 g/mol. The predicted molar refractivity (Wildman–Crippen MR) is 94.4 cm³/mol. The summed E-state index contributed by atoms with van der Waals surface area (Å²) in [6.45, 7) is 2.97. The Kier molecular flexibility index (Phi) is 5.08. The van der Waals surface area contributed by atoms with Crippen molar-refractivity contribution in [2.24, 2.45) is 0 Å². The Bertz CT molecular complexity index is 728. The molecule has 1 aromatic carbocycles. The molecule has 1 saturated heterocycles. The van der Waals surface area contributed by atoms with Gasteiger partial charge in [0.15, 0.2) is 5.11 Å². The molecule has 2 N–H and O–H groups in total. The zero-order valence-electron chi connectivity index (χ0n) is 13.4. The molecule has 1 aliphatic rings. The summed E-state index contributed by atoms with van der Waals surface area (Å²) in [5.41, 5.74) is -0.344. The summed E-state index contributed by atoms with van der Waals surface area (Å²) in [5, 5.41) is 3.35. The number of H-pyrrole nitrogens is 1. The average Bonchev–Trinajstić information content (AvgIpc) is 2.62. The Morgan fingerprint density at radius 2 is 1.80 bits per heavy atom. The van der Waals surface area contributed by atoms with Gasteiger partial charge in [-0.2, -0.15) is 13.2 Å². The monoisotopic (exact) mass is 367 g/mol. The second kappa shape index (κ2) is 7.26. The van der Waals surface area contributed by atoms with Gasteiger partial charge in [0.05, 0.1) is 24.8 Å². The van der Waals surface area contributed by atoms with Crippen LogP contribution in [0, 0.1) is 0 Å². The van der Waals surface area contributed by atoms with Gasteiger partial charge < -0.3 is 10.2 Å². The number of benzene rings is 1. The van der Waals surface area contributed by atoms with Crippen LogP contribution in [0.15, 0.2) is 48.7 Å². The SMILES string of the molecule is FC(F)(F)c1cccc(NC(=S)N2CCN(c3cccc[nH+]3)CC2)c1. The molecule has 3 rings (SSSR count). The van der Waals surface area contributed by atoms with E-state index in [1.807, 2.05) is 29.3 Å². The molecule has 1 aliphatic heterocycles. The van der Waals surface area contributed by atoms with Crippen LogP contribution >= 0.6 is 12.2 Å². The number of pyridine rings is 1. The molecule has 0 bridgehead atoms. The number of nitrogens with one attached hydrogen (secondary N) is 2. The quantitative estimate of drug-likeness (QED) is 0.827. The molecule has 25 heavy (non-hydrogen) atoms. The maximum Gasteiger partial charge on any atom is 0.416 e. The van der Waals surface area contributed by atoms with Gasteiger partial charge in [-0.15, -0.1) is 0 Å². The molecule has 0 amide bonds. The summed E-state index contributed by atoms with van der Waals surface area (Å²) in [4.78, 5) is 7.37. The predicted octanol–water partition coefficient (Wildman–Crippen LogP) is 3.04. The highest BCUT2D eigenvalue weighted by Gasteiger charge is 2.30. The highest BCUT2D eigenvalue weighted by atomic mass is 32.1. The van der Waals surface area contributed by atoms with E-state index < -0.39 is 11.7 Å². The fraction of sp³-hybridized carbons (Fsp3) is 0.294. The van der Waals surface area contributed by atoms with Crippen molar-refractivity contribution >= 4 is 28.8 Å². The Labute approximate surface area is 149 Å². The fourth-order valence-corrected chi connectivity index (χ4v) is 3.01. The van der Waals surface area contributed by atoms with Gasteiger partial charge in [-0.25, -0.2) is 4.98 Å². The van der Waals surface area contributed by atoms with Crippen LogP contribution < -0.4 is 15.2 Å². The molecule has 2 aromatic rings. The first-order chi connectivity index (χ1) is 11.9. The van der Waals surface area contributed by atoms with E-state index in [1.165, 1.54) is 6.07 Å². The summed E-state index contributed by atoms with van der Waals surface area (Å²) in [6, 6.07) is 11.0. The van der Waals surface area contributed by atoms with Crippen LogP contribution in [0.3, 0.4) is 0 Å². The highest BCUT2D eigenvalue weighted by Crippen LogP contribution is 2.30. The van der Waals surface area contributed by atoms with Gasteiger partial charge in [0.1, 0.15) is 13.1 Å². The van der Waals surface area contributed by atoms with Crippen molar-refractivity contribution in [3.63, 3.8) is 0 Å². The molecule has 0 unspecified atom stereocenters. The number of thiocarbonyl (C=S) groups is 1. The number of piperazine rings is 1. The van der Waals surface area contributed by atoms with Crippen LogP contribution in [0.1, 0.15) is 5.56 Å². The molecule has 132 valence electrons. The molecule has 1 fully saturated rings. The van der Waals surface area contributed by atoms with Crippen molar-refractivity contribution in [3.8, 4) is 0 Å². The second-order valence-corrected chi connectivity index (χ2v) is 6.12. The van der Waals surface area contributed by atoms with E-state index in [9.17, 15) is 13.2 Å². The fourth-order valence-electron chi connectivity index (χ4n) is 2.71. The van der Waals surface area contributed by atoms with Crippen molar-refractivity contribution < 1.29 is 18.2 Å². The zero-order chi connectivity index (χ0) is 17.9. The van der Waals surface area contributed by atoms with Crippen LogP contribution in [0.5, 0.6) is 0 Å². The number of hydrogen-bond donors (Lipinski definition) is 1. The first-order valence-corrected chi connectivity index (χ1v) is 8.29. The first kappa shape index (κ1) is 17.5. The van der Waals surface area contributed by atoms with Crippen molar-refractivity contribution in [1.29, 1.82) is 0 Å². The second-order valence-electron chi connectivity index (χ2n) is 5.73. The van der Waals surface area contributed by atoms with E-state index in [0.29, 0.717) is 23.9 Å². The van der Waals surface area contributed by atoms with Crippen LogP contribution in [-0.2, 0) is 6.18 Å². The number of halogens is 3. The van der Waals surface area contributed by atoms with Gasteiger partial charge in [-0.3, -0.25) is 4.90 Å². The van der Waals surface area contributed by atoms with Crippen LogP contribution in [0.2, 0.25) is 0 Å². The lowest BCUT2D eigenvalue weighted by molar-refractivity contribution is -0.364. The van der Waals surface area contributed by atoms with Crippen LogP contribution in [-0.4, -0.2) is 36.2 Å². The van der Waals surface area contributed by atoms with E-state index >= 15 is 0 Å². The Hall–Kier alpha value is -2.35. The van der Waals surface area contributed by atoms with Gasteiger partial charge in [0.2, 0.25) is 0 Å². The third-order valence-corrected chi connectivity index (χ3v) is 4.40. The van der Waals surface area contributed by atoms with E-state index in [0.717, 1.165) is 31.0 Å². The number of aromatic nitrogens is 1. The van der Waals surface area contributed by atoms with Gasteiger partial charge in [0, 0.05) is 11.8 Å². The molecule has 0 radical (unpaired) electrons. The minimum absolute atomic E-state index is 0.346. The largest absolute Gasteiger partial charge is 0.416 e. The minimum Gasteiger partial charge on any atom is -0.341 e. The lowest BCUT2D eigenvalue weighted by atomic mass is 10.2. The van der Waals surface area contributed by atoms with E-state index in [2.05, 4.69) is 15.2 Å². The summed E-state index contributed by atoms with van der Waals surface area (Å²) < 4.78 is 38.4. The van der Waals surface area contributed by atoms with Crippen LogP contribution in [0.4, 0.5) is 24.7 Å². The number of rotatable bonds is 2. The minimum atomic E-state index is -4.36. The van der Waals surface area contributed by atoms with E-state index in [-0.39, 0.29) is 0 Å². The maximum absolute atomic E-state index is 12.8. The molecule has 4 nitrogen and oxygen atoms in total. The molecule has 2 heterocycles. The number of alkyl halides is 3. The summed E-state index contributed by atoms with van der Waals surface area (Å²) in [7, 11) is 0. The normalized spacial score (nSPS) is 15.2. The Balaban J connectivity index is 1.58. The lowest BCUT2D eigenvalue weighted by Crippen LogP contribution is -2.51. The van der Waals surface area contributed by atoms with Gasteiger partial charge in [-0.05, 0) is 36.5 Å². The third-order valence-electron chi connectivity index (χ3n) is 4.04. The first-order valence-electron chi connectivity index (χ1n) is 7.88. The van der Waals surface area contributed by atoms with Crippen LogP contribution in [0.25, 0.3) is 0 Å². The van der Waals surface area contributed by atoms with Crippen molar-refractivity contribution in [3.05, 3.63) is 54.2 Å². The number of aromatic amines is 1. The van der Waals surface area contributed by atoms with E-state index in [4.69, 9.17) is 12.2 Å². The summed E-state index contributed by atoms with van der Waals surface area (Å²) in [6.07, 6.45) is -2.49. The smallest absolute Gasteiger partial charge is 0.341 e. The maximum atomic E-state index is 12.8. The van der Waals surface area contributed by atoms with Crippen molar-refractivity contribution in [1.82, 2.24) is 4.90 Å². The molecule has 0 spiro atoms. The van der Waals surface area contributed by atoms with Crippen molar-refractivity contribution in [2.75, 3.05) is 36.4 Å². The number of nitrogens with zero attached hydrogens (tertiary/aromatic N) is 2. The number of hydrogen-bond acceptors (Lipinski definition) is 2. The third kappa shape index (κ3) is 4.39. The standard InChI is InChI=1S/C17H17F3N4S/c18-17(19,20)13-4-3-5-14(12-13)22-16(25)24-10-8-23(9-11-24)15-6-1-2-7-21-15/h1-7,12H,8-11H2,(H,22,25)/p+1. The topological polar surface area (TPSA) is 32.6 Å². The highest BCUT2D eigenvalue weighted by molar-refractivity contribution is 7.80. The van der Waals surface area contributed by atoms with Gasteiger partial charge in [-0.1, -0.05) is 12.1 Å². The molecule has 1 aromatic heterocycles. The summed E-state index contributed by atoms with van der Waals surface area (Å²) in [5.74, 6) is 1.04. The summed E-state index contributed by atoms with van der Waals surface area (Å²) >= 11 is 5.36. The van der Waals surface area contributed by atoms with Gasteiger partial charge in [0.25, 0.3) is 5.82 Å². The van der Waals surface area contributed by atoms with E-state index in [1.54, 1.807) is 6.07 Å². The molecule has 0 saturated carbocycles. The molecule has 8 heteroatoms. The molecular formula is C17H18F3N4S+. The molecular weight excluding hydrogens is 349 g/mol. The van der Waals surface area contributed by atoms with Gasteiger partial charge >= 0.3 is 6.18 Å². The van der Waals surface area contributed by atoms with Crippen molar-refractivity contribution in [2.45, 2.75) is 6.18 Å². The zero-order valence-corrected chi connectivity index (χ0v) is 14.2. The lowest BCUT2D eigenvalue weighted by Gasteiger charge is -2.32. The Morgan fingerprint density at radius 1 is 1.04 bits per heavy atom. The number of anilines is 2. The molecule has 0 atom stereocenters. The molecule has 0 aliphatic carbocycles. The Morgan fingerprint density at radius 3 is 2.44 bits per heavy atom.